The number of amides is 1. The Kier molecular flexibility index (Phi) is 3.51. The van der Waals surface area contributed by atoms with Crippen LogP contribution in [0.3, 0.4) is 0 Å². The summed E-state index contributed by atoms with van der Waals surface area (Å²) in [4.78, 5) is 13.8. The van der Waals surface area contributed by atoms with Gasteiger partial charge in [0, 0.05) is 25.8 Å². The minimum atomic E-state index is -3.52. The second-order valence-corrected chi connectivity index (χ2v) is 7.29. The molecule has 0 spiro atoms. The lowest BCUT2D eigenvalue weighted by atomic mass is 10.0. The number of sulfonamides is 1. The van der Waals surface area contributed by atoms with Crippen LogP contribution < -0.4 is 4.90 Å². The van der Waals surface area contributed by atoms with Gasteiger partial charge in [-0.05, 0) is 30.7 Å². The molecule has 1 saturated heterocycles. The molecule has 0 saturated carbocycles. The Bertz CT molecular complexity index is 680. The third-order valence-corrected chi connectivity index (χ3v) is 6.03. The topological polar surface area (TPSA) is 66.9 Å². The van der Waals surface area contributed by atoms with E-state index in [1.165, 1.54) is 4.31 Å². The van der Waals surface area contributed by atoms with Gasteiger partial charge in [0.2, 0.25) is 15.9 Å². The molecular formula is C14H18N2O4S. The van der Waals surface area contributed by atoms with E-state index in [1.54, 1.807) is 37.1 Å². The Labute approximate surface area is 124 Å². The van der Waals surface area contributed by atoms with Crippen molar-refractivity contribution < 1.29 is 17.9 Å². The van der Waals surface area contributed by atoms with Gasteiger partial charge in [0.05, 0.1) is 24.0 Å². The highest BCUT2D eigenvalue weighted by Gasteiger charge is 2.34. The summed E-state index contributed by atoms with van der Waals surface area (Å²) in [6, 6.07) is 4.92. The van der Waals surface area contributed by atoms with Gasteiger partial charge < -0.3 is 9.64 Å². The summed E-state index contributed by atoms with van der Waals surface area (Å²) in [5.41, 5.74) is 1.56. The largest absolute Gasteiger partial charge is 0.379 e. The van der Waals surface area contributed by atoms with Crippen molar-refractivity contribution in [3.63, 3.8) is 0 Å². The van der Waals surface area contributed by atoms with Crippen LogP contribution in [-0.4, -0.2) is 52.0 Å². The van der Waals surface area contributed by atoms with Gasteiger partial charge in [-0.25, -0.2) is 8.42 Å². The van der Waals surface area contributed by atoms with Crippen LogP contribution in [0.1, 0.15) is 18.4 Å². The number of likely N-dealkylation sites (N-methyl/N-ethyl adjacent to an activating group) is 1. The molecule has 3 rings (SSSR count). The summed E-state index contributed by atoms with van der Waals surface area (Å²) in [5.74, 6) is -0.309. The number of rotatable bonds is 2. The molecule has 0 aromatic heterocycles. The summed E-state index contributed by atoms with van der Waals surface area (Å²) < 4.78 is 31.9. The van der Waals surface area contributed by atoms with Crippen molar-refractivity contribution in [2.45, 2.75) is 17.7 Å². The Morgan fingerprint density at radius 3 is 2.57 bits per heavy atom. The van der Waals surface area contributed by atoms with Crippen molar-refractivity contribution in [3.8, 4) is 0 Å². The standard InChI is InChI=1S/C14H18N2O4S/c1-10-12-9-11(3-4-13(12)15(2)14(10)17)21(18,19)16-5-7-20-8-6-16/h3-4,9-10H,5-8H2,1-2H3/t10-/m1/s1. The van der Waals surface area contributed by atoms with Gasteiger partial charge in [-0.2, -0.15) is 4.31 Å². The van der Waals surface area contributed by atoms with E-state index < -0.39 is 10.0 Å². The number of fused-ring (bicyclic) bond motifs is 1. The molecule has 1 atom stereocenters. The Hall–Kier alpha value is -1.44. The van der Waals surface area contributed by atoms with Gasteiger partial charge in [0.25, 0.3) is 0 Å². The quantitative estimate of drug-likeness (QED) is 0.810. The Morgan fingerprint density at radius 1 is 1.24 bits per heavy atom. The van der Waals surface area contributed by atoms with Crippen molar-refractivity contribution in [2.24, 2.45) is 0 Å². The molecule has 0 N–H and O–H groups in total. The lowest BCUT2D eigenvalue weighted by molar-refractivity contribution is -0.118. The van der Waals surface area contributed by atoms with Gasteiger partial charge in [-0.15, -0.1) is 0 Å². The van der Waals surface area contributed by atoms with Crippen molar-refractivity contribution in [1.82, 2.24) is 4.31 Å². The van der Waals surface area contributed by atoms with Crippen LogP contribution >= 0.6 is 0 Å². The number of carbonyl (C=O) groups is 1. The molecule has 1 aromatic carbocycles. The third kappa shape index (κ3) is 2.25. The number of ether oxygens (including phenoxy) is 1. The molecule has 1 amide bonds. The highest BCUT2D eigenvalue weighted by Crippen LogP contribution is 2.37. The summed E-state index contributed by atoms with van der Waals surface area (Å²) in [6.45, 7) is 3.38. The van der Waals surface area contributed by atoms with Crippen LogP contribution in [0.25, 0.3) is 0 Å². The SMILES string of the molecule is C[C@H]1C(=O)N(C)c2ccc(S(=O)(=O)N3CCOCC3)cc21. The molecule has 2 heterocycles. The number of hydrogen-bond donors (Lipinski definition) is 0. The van der Waals surface area contributed by atoms with Crippen LogP contribution in [-0.2, 0) is 19.6 Å². The zero-order valence-corrected chi connectivity index (χ0v) is 12.9. The lowest BCUT2D eigenvalue weighted by Crippen LogP contribution is -2.40. The first-order chi connectivity index (χ1) is 9.93. The van der Waals surface area contributed by atoms with E-state index in [1.807, 2.05) is 0 Å². The summed E-state index contributed by atoms with van der Waals surface area (Å²) >= 11 is 0. The highest BCUT2D eigenvalue weighted by molar-refractivity contribution is 7.89. The van der Waals surface area contributed by atoms with Crippen LogP contribution in [0.4, 0.5) is 5.69 Å². The second kappa shape index (κ2) is 5.08. The molecule has 0 bridgehead atoms. The predicted octanol–water partition coefficient (Wildman–Crippen LogP) is 0.787. The zero-order valence-electron chi connectivity index (χ0n) is 12.1. The summed E-state index contributed by atoms with van der Waals surface area (Å²) in [5, 5.41) is 0. The summed E-state index contributed by atoms with van der Waals surface area (Å²) in [6.07, 6.45) is 0. The molecular weight excluding hydrogens is 292 g/mol. The maximum atomic E-state index is 12.6. The third-order valence-electron chi connectivity index (χ3n) is 4.14. The normalized spacial score (nSPS) is 23.4. The van der Waals surface area contributed by atoms with Crippen molar-refractivity contribution in [3.05, 3.63) is 23.8 Å². The van der Waals surface area contributed by atoms with Gasteiger partial charge >= 0.3 is 0 Å². The first-order valence-electron chi connectivity index (χ1n) is 6.92. The van der Waals surface area contributed by atoms with Gasteiger partial charge in [-0.3, -0.25) is 4.79 Å². The minimum absolute atomic E-state index is 0.00841. The molecule has 0 unspecified atom stereocenters. The molecule has 7 heteroatoms. The average molecular weight is 310 g/mol. The van der Waals surface area contributed by atoms with E-state index in [-0.39, 0.29) is 16.7 Å². The smallest absolute Gasteiger partial charge is 0.243 e. The molecule has 2 aliphatic heterocycles. The second-order valence-electron chi connectivity index (χ2n) is 5.36. The maximum absolute atomic E-state index is 12.6. The number of carbonyl (C=O) groups excluding carboxylic acids is 1. The number of nitrogens with zero attached hydrogens (tertiary/aromatic N) is 2. The fourth-order valence-electron chi connectivity index (χ4n) is 2.82. The Balaban J connectivity index is 2.00. The molecule has 6 nitrogen and oxygen atoms in total. The summed E-state index contributed by atoms with van der Waals surface area (Å²) in [7, 11) is -1.81. The van der Waals surface area contributed by atoms with E-state index in [9.17, 15) is 13.2 Å². The first-order valence-corrected chi connectivity index (χ1v) is 8.36. The zero-order chi connectivity index (χ0) is 15.2. The van der Waals surface area contributed by atoms with E-state index in [0.29, 0.717) is 26.3 Å². The Morgan fingerprint density at radius 2 is 1.90 bits per heavy atom. The molecule has 0 radical (unpaired) electrons. The number of anilines is 1. The predicted molar refractivity (Wildman–Crippen MR) is 77.8 cm³/mol. The van der Waals surface area contributed by atoms with Crippen LogP contribution in [0.15, 0.2) is 23.1 Å². The fraction of sp³-hybridized carbons (Fsp3) is 0.500. The fourth-order valence-corrected chi connectivity index (χ4v) is 4.27. The number of benzene rings is 1. The van der Waals surface area contributed by atoms with Crippen molar-refractivity contribution in [1.29, 1.82) is 0 Å². The highest BCUT2D eigenvalue weighted by atomic mass is 32.2. The van der Waals surface area contributed by atoms with Crippen molar-refractivity contribution in [2.75, 3.05) is 38.3 Å². The molecule has 114 valence electrons. The monoisotopic (exact) mass is 310 g/mol. The van der Waals surface area contributed by atoms with Crippen LogP contribution in [0.5, 0.6) is 0 Å². The first kappa shape index (κ1) is 14.5. The van der Waals surface area contributed by atoms with Crippen molar-refractivity contribution >= 4 is 21.6 Å². The average Bonchev–Trinajstić information content (AvgIpc) is 2.72. The van der Waals surface area contributed by atoms with E-state index in [2.05, 4.69) is 0 Å². The van der Waals surface area contributed by atoms with Crippen LogP contribution in [0, 0.1) is 0 Å². The van der Waals surface area contributed by atoms with Crippen LogP contribution in [0.2, 0.25) is 0 Å². The number of morpholine rings is 1. The molecule has 2 aliphatic rings. The molecule has 1 fully saturated rings. The molecule has 1 aromatic rings. The lowest BCUT2D eigenvalue weighted by Gasteiger charge is -2.26. The van der Waals surface area contributed by atoms with Gasteiger partial charge in [0.15, 0.2) is 0 Å². The number of hydrogen-bond acceptors (Lipinski definition) is 4. The van der Waals surface area contributed by atoms with Gasteiger partial charge in [-0.1, -0.05) is 0 Å². The van der Waals surface area contributed by atoms with E-state index in [4.69, 9.17) is 4.74 Å². The van der Waals surface area contributed by atoms with E-state index in [0.717, 1.165) is 11.3 Å². The maximum Gasteiger partial charge on any atom is 0.243 e. The van der Waals surface area contributed by atoms with Gasteiger partial charge in [0.1, 0.15) is 0 Å². The minimum Gasteiger partial charge on any atom is -0.379 e. The molecule has 0 aliphatic carbocycles. The molecule has 21 heavy (non-hydrogen) atoms. The van der Waals surface area contributed by atoms with E-state index >= 15 is 0 Å².